The molecule has 0 saturated carbocycles. The van der Waals surface area contributed by atoms with Crippen molar-refractivity contribution in [1.29, 1.82) is 0 Å². The number of ether oxygens (including phenoxy) is 3. The average Bonchev–Trinajstić information content (AvgIpc) is 3.15. The number of fused-ring (bicyclic) bond motifs is 1. The van der Waals surface area contributed by atoms with Crippen LogP contribution < -0.4 is 4.74 Å². The van der Waals surface area contributed by atoms with Crippen molar-refractivity contribution in [2.45, 2.75) is 20.0 Å². The number of hydrogen-bond donors (Lipinski definition) is 1. The highest BCUT2D eigenvalue weighted by molar-refractivity contribution is 6.35. The Morgan fingerprint density at radius 3 is 2.52 bits per heavy atom. The van der Waals surface area contributed by atoms with Crippen LogP contribution in [0, 0.1) is 0 Å². The van der Waals surface area contributed by atoms with E-state index >= 15 is 0 Å². The number of rotatable bonds is 7. The van der Waals surface area contributed by atoms with E-state index in [1.807, 2.05) is 62.4 Å². The zero-order valence-corrected chi connectivity index (χ0v) is 19.4. The van der Waals surface area contributed by atoms with Crippen LogP contribution in [0.25, 0.3) is 5.57 Å². The Bertz CT molecular complexity index is 1070. The van der Waals surface area contributed by atoms with Gasteiger partial charge in [-0.2, -0.15) is 0 Å². The molecule has 1 fully saturated rings. The van der Waals surface area contributed by atoms with Gasteiger partial charge in [0.1, 0.15) is 17.9 Å². The predicted molar refractivity (Wildman–Crippen MR) is 125 cm³/mol. The van der Waals surface area contributed by atoms with E-state index in [2.05, 4.69) is 4.90 Å². The largest absolute Gasteiger partial charge is 0.492 e. The van der Waals surface area contributed by atoms with Gasteiger partial charge in [-0.25, -0.2) is 4.79 Å². The normalized spacial score (nSPS) is 17.8. The maximum atomic E-state index is 13.2. The first-order valence-corrected chi connectivity index (χ1v) is 11.3. The van der Waals surface area contributed by atoms with Crippen molar-refractivity contribution in [1.82, 2.24) is 4.90 Å². The topological polar surface area (TPSA) is 71.2 Å². The van der Waals surface area contributed by atoms with Crippen LogP contribution in [-0.2, 0) is 14.3 Å². The van der Waals surface area contributed by atoms with E-state index < -0.39 is 5.97 Å². The summed E-state index contributed by atoms with van der Waals surface area (Å²) in [5.74, 6) is 0.220. The van der Waals surface area contributed by atoms with Gasteiger partial charge in [0.25, 0.3) is 5.71 Å². The molecule has 4 rings (SSSR count). The van der Waals surface area contributed by atoms with Crippen molar-refractivity contribution in [3.63, 3.8) is 0 Å². The number of carbonyl (C=O) groups excluding carboxylic acids is 1. The summed E-state index contributed by atoms with van der Waals surface area (Å²) in [6, 6.07) is 15.4. The fourth-order valence-corrected chi connectivity index (χ4v) is 4.24. The van der Waals surface area contributed by atoms with Gasteiger partial charge in [0.05, 0.1) is 24.9 Å². The Hall–Kier alpha value is -3.16. The molecule has 2 aliphatic rings. The third kappa shape index (κ3) is 5.10. The number of benzene rings is 2. The first-order valence-electron chi connectivity index (χ1n) is 11.3. The van der Waals surface area contributed by atoms with Crippen LogP contribution in [0.1, 0.15) is 30.5 Å². The molecule has 1 aliphatic carbocycles. The molecule has 7 heteroatoms. The summed E-state index contributed by atoms with van der Waals surface area (Å²) < 4.78 is 18.0. The first kappa shape index (κ1) is 23.0. The number of esters is 1. The van der Waals surface area contributed by atoms with E-state index in [9.17, 15) is 10.0 Å². The van der Waals surface area contributed by atoms with Gasteiger partial charge in [0.15, 0.2) is 7.05 Å². The zero-order valence-electron chi connectivity index (χ0n) is 19.4. The molecule has 174 valence electrons. The SMILES string of the molecule is CC(C)OC(=O)C1=C(c2ccccc2)c2ccc(OCCN3CCOCC3)cc2C1=[N+](C)O. The molecule has 2 aromatic carbocycles. The van der Waals surface area contributed by atoms with Gasteiger partial charge in [0.2, 0.25) is 0 Å². The molecule has 2 aromatic rings. The molecule has 33 heavy (non-hydrogen) atoms. The molecule has 0 unspecified atom stereocenters. The van der Waals surface area contributed by atoms with E-state index in [0.29, 0.717) is 23.6 Å². The van der Waals surface area contributed by atoms with Crippen LogP contribution in [0.2, 0.25) is 0 Å². The van der Waals surface area contributed by atoms with Crippen molar-refractivity contribution in [3.8, 4) is 5.75 Å². The Labute approximate surface area is 194 Å². The molecular weight excluding hydrogens is 420 g/mol. The molecule has 1 heterocycles. The van der Waals surface area contributed by atoms with Gasteiger partial charge in [-0.05, 0) is 47.9 Å². The van der Waals surface area contributed by atoms with Crippen molar-refractivity contribution in [2.75, 3.05) is 46.5 Å². The number of carbonyl (C=O) groups is 1. The molecule has 0 atom stereocenters. The van der Waals surface area contributed by atoms with Gasteiger partial charge < -0.3 is 14.2 Å². The van der Waals surface area contributed by atoms with E-state index in [4.69, 9.17) is 14.2 Å². The van der Waals surface area contributed by atoms with Crippen molar-refractivity contribution >= 4 is 17.3 Å². The number of hydroxylamine groups is 1. The van der Waals surface area contributed by atoms with Crippen LogP contribution >= 0.6 is 0 Å². The minimum Gasteiger partial charge on any atom is -0.492 e. The Morgan fingerprint density at radius 1 is 1.12 bits per heavy atom. The summed E-state index contributed by atoms with van der Waals surface area (Å²) in [4.78, 5) is 15.5. The van der Waals surface area contributed by atoms with E-state index in [1.165, 1.54) is 7.05 Å². The molecule has 7 nitrogen and oxygen atoms in total. The first-order chi connectivity index (χ1) is 16.0. The van der Waals surface area contributed by atoms with Crippen LogP contribution in [-0.4, -0.2) is 79.1 Å². The van der Waals surface area contributed by atoms with E-state index in [1.54, 1.807) is 0 Å². The lowest BCUT2D eigenvalue weighted by atomic mass is 9.97. The quantitative estimate of drug-likeness (QED) is 0.302. The van der Waals surface area contributed by atoms with Gasteiger partial charge in [-0.15, -0.1) is 0 Å². The lowest BCUT2D eigenvalue weighted by Crippen LogP contribution is -2.38. The van der Waals surface area contributed by atoms with Gasteiger partial charge >= 0.3 is 5.97 Å². The van der Waals surface area contributed by atoms with Crippen LogP contribution in [0.5, 0.6) is 5.75 Å². The summed E-state index contributed by atoms with van der Waals surface area (Å²) in [5, 5.41) is 10.5. The highest BCUT2D eigenvalue weighted by Crippen LogP contribution is 2.40. The Kier molecular flexibility index (Phi) is 7.11. The van der Waals surface area contributed by atoms with E-state index in [0.717, 1.165) is 59.9 Å². The third-order valence-corrected chi connectivity index (χ3v) is 5.72. The van der Waals surface area contributed by atoms with Gasteiger partial charge in [-0.3, -0.25) is 10.1 Å². The molecule has 1 aliphatic heterocycles. The minimum atomic E-state index is -0.467. The summed E-state index contributed by atoms with van der Waals surface area (Å²) in [6.07, 6.45) is -0.282. The number of morpholine rings is 1. The highest BCUT2D eigenvalue weighted by atomic mass is 16.5. The van der Waals surface area contributed by atoms with Crippen molar-refractivity contribution < 1.29 is 29.0 Å². The Balaban J connectivity index is 1.68. The summed E-state index contributed by atoms with van der Waals surface area (Å²) >= 11 is 0. The fourth-order valence-electron chi connectivity index (χ4n) is 4.24. The fraction of sp³-hybridized carbons (Fsp3) is 0.385. The number of hydrogen-bond acceptors (Lipinski definition) is 6. The van der Waals surface area contributed by atoms with E-state index in [-0.39, 0.29) is 6.10 Å². The Morgan fingerprint density at radius 2 is 1.85 bits per heavy atom. The smallest absolute Gasteiger partial charge is 0.346 e. The molecule has 0 spiro atoms. The maximum Gasteiger partial charge on any atom is 0.346 e. The van der Waals surface area contributed by atoms with Crippen molar-refractivity contribution in [2.24, 2.45) is 0 Å². The predicted octanol–water partition coefficient (Wildman–Crippen LogP) is 2.99. The summed E-state index contributed by atoms with van der Waals surface area (Å²) in [5.41, 5.74) is 3.97. The molecule has 1 N–H and O–H groups in total. The highest BCUT2D eigenvalue weighted by Gasteiger charge is 2.41. The molecule has 1 saturated heterocycles. The average molecular weight is 452 g/mol. The van der Waals surface area contributed by atoms with Crippen LogP contribution in [0.3, 0.4) is 0 Å². The second-order valence-electron chi connectivity index (χ2n) is 8.45. The van der Waals surface area contributed by atoms with Crippen molar-refractivity contribution in [3.05, 3.63) is 70.8 Å². The summed E-state index contributed by atoms with van der Waals surface area (Å²) in [6.45, 7) is 8.31. The van der Waals surface area contributed by atoms with Crippen LogP contribution in [0.15, 0.2) is 54.1 Å². The lowest BCUT2D eigenvalue weighted by molar-refractivity contribution is -0.753. The monoisotopic (exact) mass is 451 g/mol. The second-order valence-corrected chi connectivity index (χ2v) is 8.45. The lowest BCUT2D eigenvalue weighted by Gasteiger charge is -2.26. The zero-order chi connectivity index (χ0) is 23.4. The van der Waals surface area contributed by atoms with Gasteiger partial charge in [-0.1, -0.05) is 30.3 Å². The minimum absolute atomic E-state index is 0.282. The molecule has 0 radical (unpaired) electrons. The third-order valence-electron chi connectivity index (χ3n) is 5.72. The molecule has 0 aromatic heterocycles. The molecule has 0 bridgehead atoms. The number of nitrogens with zero attached hydrogens (tertiary/aromatic N) is 2. The second kappa shape index (κ2) is 10.2. The summed E-state index contributed by atoms with van der Waals surface area (Å²) in [7, 11) is 1.52. The molecular formula is C26H31N2O5+. The standard InChI is InChI=1S/C26H31N2O5/c1-18(2)33-26(29)24-23(19-7-5-4-6-8-19)21-10-9-20(17-22(21)25(24)27(3)30)32-16-13-28-11-14-31-15-12-28/h4-10,17-18,30H,11-16H2,1-3H3/q+1. The van der Waals surface area contributed by atoms with Gasteiger partial charge in [0, 0.05) is 25.2 Å². The maximum absolute atomic E-state index is 13.2. The van der Waals surface area contributed by atoms with Crippen LogP contribution in [0.4, 0.5) is 0 Å². The molecule has 0 amide bonds.